The summed E-state index contributed by atoms with van der Waals surface area (Å²) in [6, 6.07) is 21.7. The zero-order valence-corrected chi connectivity index (χ0v) is 53.5. The van der Waals surface area contributed by atoms with E-state index in [-0.39, 0.29) is 97.5 Å². The van der Waals surface area contributed by atoms with Crippen molar-refractivity contribution in [2.24, 2.45) is 34.0 Å². The van der Waals surface area contributed by atoms with Crippen LogP contribution in [0.3, 0.4) is 0 Å². The van der Waals surface area contributed by atoms with Crippen LogP contribution in [-0.4, -0.2) is 131 Å². The standard InChI is InChI=1S/C65H99N3O12S2/c1-15-63(12,42-77-41-62(10,11)40-75-32-30-57(70)79-35-46(4)5)39-66-61(74)55(34-56(69)68-65(14,17-3)45-78-44-64(13,16-2)43-76-33-31-58(71)80-36-47(6)7)67-60(73)51-24-22-50(23-25-51)59(72)52(37-81-53-26-18-48(8)19-27-53)38-82-54-28-20-49(9)21-29-54/h18-29,46-47,52,55H,15-17,30-45H2,1-14H3,(H,66,74)(H,67,73)(H,68,69). The summed E-state index contributed by atoms with van der Waals surface area (Å²) in [6.07, 6.45) is 1.85. The molecule has 0 aliphatic carbocycles. The minimum absolute atomic E-state index is 0.0391. The number of thioether (sulfide) groups is 2. The second kappa shape index (κ2) is 36.2. The molecule has 3 N–H and O–H groups in total. The lowest BCUT2D eigenvalue weighted by Gasteiger charge is -2.33. The van der Waals surface area contributed by atoms with Gasteiger partial charge in [-0.15, -0.1) is 23.5 Å². The number of ether oxygens (including phenoxy) is 6. The van der Waals surface area contributed by atoms with E-state index in [4.69, 9.17) is 28.4 Å². The molecule has 0 heterocycles. The van der Waals surface area contributed by atoms with Crippen LogP contribution in [0.15, 0.2) is 82.6 Å². The van der Waals surface area contributed by atoms with Gasteiger partial charge in [0.15, 0.2) is 5.78 Å². The van der Waals surface area contributed by atoms with E-state index in [1.54, 1.807) is 47.8 Å². The van der Waals surface area contributed by atoms with Crippen LogP contribution in [0.4, 0.5) is 0 Å². The third-order valence-electron chi connectivity index (χ3n) is 14.2. The van der Waals surface area contributed by atoms with E-state index < -0.39 is 34.7 Å². The lowest BCUT2D eigenvalue weighted by Crippen LogP contribution is -2.54. The van der Waals surface area contributed by atoms with Gasteiger partial charge in [-0.1, -0.05) is 124 Å². The zero-order valence-electron chi connectivity index (χ0n) is 51.9. The van der Waals surface area contributed by atoms with Crippen LogP contribution in [0, 0.1) is 47.8 Å². The minimum Gasteiger partial charge on any atom is -0.465 e. The fraction of sp³-hybridized carbons (Fsp3) is 0.631. The molecule has 0 aliphatic heterocycles. The van der Waals surface area contributed by atoms with Gasteiger partial charge in [0.25, 0.3) is 5.91 Å². The van der Waals surface area contributed by atoms with Crippen LogP contribution in [0.5, 0.6) is 0 Å². The van der Waals surface area contributed by atoms with Crippen molar-refractivity contribution in [2.75, 3.05) is 84.1 Å². The van der Waals surface area contributed by atoms with Gasteiger partial charge in [-0.25, -0.2) is 0 Å². The minimum atomic E-state index is -1.28. The van der Waals surface area contributed by atoms with Gasteiger partial charge in [0.2, 0.25) is 11.8 Å². The molecular formula is C65H99N3O12S2. The molecule has 4 unspecified atom stereocenters. The molecule has 0 saturated carbocycles. The molecule has 3 aromatic rings. The van der Waals surface area contributed by atoms with Crippen LogP contribution in [0.2, 0.25) is 0 Å². The highest BCUT2D eigenvalue weighted by Gasteiger charge is 2.33. The van der Waals surface area contributed by atoms with E-state index in [0.717, 1.165) is 27.3 Å². The Labute approximate surface area is 499 Å². The number of carbonyl (C=O) groups excluding carboxylic acids is 6. The van der Waals surface area contributed by atoms with Crippen molar-refractivity contribution in [2.45, 2.75) is 157 Å². The number of rotatable bonds is 41. The first-order chi connectivity index (χ1) is 38.7. The molecule has 0 spiro atoms. The Balaban J connectivity index is 1.76. The summed E-state index contributed by atoms with van der Waals surface area (Å²) < 4.78 is 34.8. The van der Waals surface area contributed by atoms with E-state index in [1.807, 2.05) is 96.9 Å². The van der Waals surface area contributed by atoms with E-state index in [0.29, 0.717) is 76.2 Å². The van der Waals surface area contributed by atoms with Crippen LogP contribution >= 0.6 is 23.5 Å². The van der Waals surface area contributed by atoms with Crippen LogP contribution in [-0.2, 0) is 47.6 Å². The number of hydrogen-bond acceptors (Lipinski definition) is 14. The predicted molar refractivity (Wildman–Crippen MR) is 328 cm³/mol. The Morgan fingerprint density at radius 1 is 0.549 bits per heavy atom. The van der Waals surface area contributed by atoms with Crippen molar-refractivity contribution in [3.63, 3.8) is 0 Å². The number of nitrogens with one attached hydrogen (secondary N) is 3. The monoisotopic (exact) mass is 1180 g/mol. The van der Waals surface area contributed by atoms with E-state index in [1.165, 1.54) is 0 Å². The lowest BCUT2D eigenvalue weighted by atomic mass is 9.88. The average Bonchev–Trinajstić information content (AvgIpc) is 3.49. The highest BCUT2D eigenvalue weighted by molar-refractivity contribution is 8.00. The maximum atomic E-state index is 14.3. The Bertz CT molecular complexity index is 2370. The molecule has 3 rings (SSSR count). The summed E-state index contributed by atoms with van der Waals surface area (Å²) in [4.78, 5) is 83.2. The van der Waals surface area contributed by atoms with E-state index >= 15 is 0 Å². The number of hydrogen-bond donors (Lipinski definition) is 3. The first-order valence-corrected chi connectivity index (χ1v) is 31.2. The first kappa shape index (κ1) is 71.5. The molecule has 4 atom stereocenters. The molecular weight excluding hydrogens is 1080 g/mol. The predicted octanol–water partition coefficient (Wildman–Crippen LogP) is 11.7. The second-order valence-electron chi connectivity index (χ2n) is 24.5. The molecule has 0 bridgehead atoms. The van der Waals surface area contributed by atoms with Crippen molar-refractivity contribution in [1.82, 2.24) is 16.0 Å². The fourth-order valence-electron chi connectivity index (χ4n) is 7.86. The van der Waals surface area contributed by atoms with Crippen LogP contribution < -0.4 is 16.0 Å². The van der Waals surface area contributed by atoms with Crippen molar-refractivity contribution in [3.8, 4) is 0 Å². The topological polar surface area (TPSA) is 194 Å². The summed E-state index contributed by atoms with van der Waals surface area (Å²) in [6.45, 7) is 31.3. The van der Waals surface area contributed by atoms with Gasteiger partial charge in [-0.05, 0) is 88.3 Å². The van der Waals surface area contributed by atoms with Gasteiger partial charge in [0, 0.05) is 61.1 Å². The highest BCUT2D eigenvalue weighted by atomic mass is 32.2. The van der Waals surface area contributed by atoms with Crippen molar-refractivity contribution < 1.29 is 57.2 Å². The van der Waals surface area contributed by atoms with Gasteiger partial charge in [-0.2, -0.15) is 0 Å². The molecule has 82 heavy (non-hydrogen) atoms. The summed E-state index contributed by atoms with van der Waals surface area (Å²) in [5, 5.41) is 8.96. The van der Waals surface area contributed by atoms with Gasteiger partial charge < -0.3 is 44.4 Å². The molecule has 3 amide bonds. The van der Waals surface area contributed by atoms with Crippen LogP contribution in [0.1, 0.15) is 153 Å². The Morgan fingerprint density at radius 3 is 1.49 bits per heavy atom. The third-order valence-corrected chi connectivity index (χ3v) is 16.5. The molecule has 15 nitrogen and oxygen atoms in total. The molecule has 0 aliphatic rings. The quantitative estimate of drug-likeness (QED) is 0.0210. The normalized spacial score (nSPS) is 14.4. The zero-order chi connectivity index (χ0) is 60.9. The van der Waals surface area contributed by atoms with Gasteiger partial charge in [0.1, 0.15) is 6.04 Å². The molecule has 458 valence electrons. The van der Waals surface area contributed by atoms with E-state index in [9.17, 15) is 28.8 Å². The maximum Gasteiger partial charge on any atom is 0.308 e. The number of Topliss-reactive ketones (excluding diaryl/α,β-unsaturated/α-hetero) is 1. The second-order valence-corrected chi connectivity index (χ2v) is 26.7. The molecule has 3 aromatic carbocycles. The largest absolute Gasteiger partial charge is 0.465 e. The first-order valence-electron chi connectivity index (χ1n) is 29.3. The fourth-order valence-corrected chi connectivity index (χ4v) is 9.99. The van der Waals surface area contributed by atoms with E-state index in [2.05, 4.69) is 64.5 Å². The third kappa shape index (κ3) is 28.2. The van der Waals surface area contributed by atoms with Gasteiger partial charge in [-0.3, -0.25) is 28.8 Å². The molecule has 0 radical (unpaired) electrons. The average molecular weight is 1180 g/mol. The molecule has 0 saturated heterocycles. The SMILES string of the molecule is CCC(C)(CNC(=O)C(CC(=O)NC(C)(CC)COCC(C)(CC)COCCC(=O)OCC(C)C)NC(=O)c1ccc(C(=O)C(CSc2ccc(C)cc2)CSc2ccc(C)cc2)cc1)COCC(C)(C)COCCC(=O)OCC(C)C. The Hall–Kier alpha value is -4.78. The molecule has 17 heteroatoms. The number of amides is 3. The smallest absolute Gasteiger partial charge is 0.308 e. The number of aryl methyl sites for hydroxylation is 2. The Kier molecular flexibility index (Phi) is 31.5. The van der Waals surface area contributed by atoms with Crippen molar-refractivity contribution >= 4 is 59.0 Å². The number of benzene rings is 3. The van der Waals surface area contributed by atoms with Crippen molar-refractivity contribution in [3.05, 3.63) is 95.1 Å². The van der Waals surface area contributed by atoms with Gasteiger partial charge in [0.05, 0.1) is 90.9 Å². The summed E-state index contributed by atoms with van der Waals surface area (Å²) in [5.74, 6) is -0.913. The lowest BCUT2D eigenvalue weighted by molar-refractivity contribution is -0.147. The summed E-state index contributed by atoms with van der Waals surface area (Å²) in [7, 11) is 0. The number of esters is 2. The molecule has 0 fully saturated rings. The number of carbonyl (C=O) groups is 6. The highest BCUT2D eigenvalue weighted by Crippen LogP contribution is 2.30. The van der Waals surface area contributed by atoms with Crippen LogP contribution in [0.25, 0.3) is 0 Å². The molecule has 0 aromatic heterocycles. The summed E-state index contributed by atoms with van der Waals surface area (Å²) >= 11 is 3.27. The Morgan fingerprint density at radius 2 is 1.00 bits per heavy atom. The number of ketones is 1. The van der Waals surface area contributed by atoms with Gasteiger partial charge >= 0.3 is 11.9 Å². The summed E-state index contributed by atoms with van der Waals surface area (Å²) in [5.41, 5.74) is 0.927. The van der Waals surface area contributed by atoms with Crippen molar-refractivity contribution in [1.29, 1.82) is 0 Å². The maximum absolute atomic E-state index is 14.3.